The van der Waals surface area contributed by atoms with Crippen LogP contribution in [0.25, 0.3) is 0 Å². The second-order valence-electron chi connectivity index (χ2n) is 5.94. The van der Waals surface area contributed by atoms with Gasteiger partial charge in [-0.1, -0.05) is 5.16 Å². The molecular formula is C14H15F3N4O4. The van der Waals surface area contributed by atoms with Gasteiger partial charge < -0.3 is 10.1 Å². The highest BCUT2D eigenvalue weighted by molar-refractivity contribution is 5.64. The summed E-state index contributed by atoms with van der Waals surface area (Å²) in [6.07, 6.45) is -4.67. The Kier molecular flexibility index (Phi) is 4.86. The van der Waals surface area contributed by atoms with Gasteiger partial charge in [-0.2, -0.15) is 13.2 Å². The van der Waals surface area contributed by atoms with Crippen molar-refractivity contribution in [1.29, 1.82) is 0 Å². The number of nitro benzene ring substituents is 1. The van der Waals surface area contributed by atoms with Crippen molar-refractivity contribution in [2.75, 3.05) is 11.9 Å². The fraction of sp³-hybridized carbons (Fsp3) is 0.429. The van der Waals surface area contributed by atoms with Gasteiger partial charge >= 0.3 is 6.18 Å². The quantitative estimate of drug-likeness (QED) is 0.620. The molecule has 0 bridgehead atoms. The Balaban J connectivity index is 2.19. The van der Waals surface area contributed by atoms with Crippen LogP contribution in [0.5, 0.6) is 5.88 Å². The van der Waals surface area contributed by atoms with Crippen molar-refractivity contribution >= 4 is 11.4 Å². The first kappa shape index (κ1) is 18.5. The number of benzene rings is 1. The standard InChI is InChI=1S/C14H15F3N4O4/c1-8-12(20-25-19-8)24-7-13(2,3)18-10-5-4-9(14(15,16)17)6-11(10)21(22)23/h4-6,18H,7H2,1-3H3. The highest BCUT2D eigenvalue weighted by Gasteiger charge is 2.34. The molecule has 0 saturated carbocycles. The smallest absolute Gasteiger partial charge is 0.416 e. The lowest BCUT2D eigenvalue weighted by atomic mass is 10.1. The lowest BCUT2D eigenvalue weighted by Gasteiger charge is -2.27. The highest BCUT2D eigenvalue weighted by atomic mass is 19.4. The van der Waals surface area contributed by atoms with E-state index in [-0.39, 0.29) is 18.2 Å². The number of hydrogen-bond donors (Lipinski definition) is 1. The average Bonchev–Trinajstić information content (AvgIpc) is 2.89. The van der Waals surface area contributed by atoms with Crippen LogP contribution in [0, 0.1) is 17.0 Å². The molecule has 0 spiro atoms. The van der Waals surface area contributed by atoms with Crippen molar-refractivity contribution < 1.29 is 27.5 Å². The SMILES string of the molecule is Cc1nonc1OCC(C)(C)Nc1ccc(C(F)(F)F)cc1[N+](=O)[O-]. The number of aryl methyl sites for hydroxylation is 1. The molecule has 8 nitrogen and oxygen atoms in total. The van der Waals surface area contributed by atoms with E-state index in [0.29, 0.717) is 11.8 Å². The minimum absolute atomic E-state index is 0.0141. The van der Waals surface area contributed by atoms with Gasteiger partial charge in [-0.3, -0.25) is 10.1 Å². The Morgan fingerprint density at radius 1 is 1.32 bits per heavy atom. The number of ether oxygens (including phenoxy) is 1. The molecule has 0 atom stereocenters. The zero-order valence-electron chi connectivity index (χ0n) is 13.5. The Morgan fingerprint density at radius 2 is 2.00 bits per heavy atom. The number of aromatic nitrogens is 2. The summed E-state index contributed by atoms with van der Waals surface area (Å²) < 4.78 is 48.1. The Labute approximate surface area is 140 Å². The molecule has 1 heterocycles. The van der Waals surface area contributed by atoms with Crippen LogP contribution in [0.2, 0.25) is 0 Å². The second kappa shape index (κ2) is 6.57. The van der Waals surface area contributed by atoms with Crippen molar-refractivity contribution in [2.24, 2.45) is 0 Å². The maximum atomic E-state index is 12.7. The summed E-state index contributed by atoms with van der Waals surface area (Å²) >= 11 is 0. The van der Waals surface area contributed by atoms with E-state index in [0.717, 1.165) is 12.1 Å². The molecule has 0 saturated heterocycles. The van der Waals surface area contributed by atoms with Crippen LogP contribution < -0.4 is 10.1 Å². The predicted octanol–water partition coefficient (Wildman–Crippen LogP) is 3.57. The van der Waals surface area contributed by atoms with Crippen LogP contribution in [0.4, 0.5) is 24.5 Å². The number of halogens is 3. The fourth-order valence-corrected chi connectivity index (χ4v) is 1.97. The normalized spacial score (nSPS) is 12.1. The number of hydrogen-bond acceptors (Lipinski definition) is 7. The number of nitrogens with one attached hydrogen (secondary N) is 1. The van der Waals surface area contributed by atoms with Crippen molar-refractivity contribution in [1.82, 2.24) is 10.3 Å². The summed E-state index contributed by atoms with van der Waals surface area (Å²) in [4.78, 5) is 10.2. The largest absolute Gasteiger partial charge is 0.472 e. The van der Waals surface area contributed by atoms with Crippen LogP contribution in [0.15, 0.2) is 22.8 Å². The molecule has 0 aliphatic carbocycles. The van der Waals surface area contributed by atoms with Crippen LogP contribution in [0.3, 0.4) is 0 Å². The summed E-state index contributed by atoms with van der Waals surface area (Å²) in [6.45, 7) is 4.96. The molecular weight excluding hydrogens is 345 g/mol. The number of alkyl halides is 3. The van der Waals surface area contributed by atoms with Crippen LogP contribution in [-0.2, 0) is 6.18 Å². The van der Waals surface area contributed by atoms with Gasteiger partial charge in [0.2, 0.25) is 0 Å². The summed E-state index contributed by atoms with van der Waals surface area (Å²) in [7, 11) is 0. The number of nitro groups is 1. The number of anilines is 1. The molecule has 136 valence electrons. The van der Waals surface area contributed by atoms with Gasteiger partial charge in [0.05, 0.1) is 16.0 Å². The zero-order chi connectivity index (χ0) is 18.8. The molecule has 0 amide bonds. The Morgan fingerprint density at radius 3 is 2.52 bits per heavy atom. The minimum atomic E-state index is -4.67. The molecule has 1 aromatic carbocycles. The lowest BCUT2D eigenvalue weighted by Crippen LogP contribution is -2.38. The van der Waals surface area contributed by atoms with Gasteiger partial charge in [0, 0.05) is 6.07 Å². The third-order valence-corrected chi connectivity index (χ3v) is 3.18. The van der Waals surface area contributed by atoms with E-state index in [2.05, 4.69) is 20.3 Å². The van der Waals surface area contributed by atoms with Gasteiger partial charge in [0.15, 0.2) is 0 Å². The maximum Gasteiger partial charge on any atom is 0.416 e. The molecule has 0 fully saturated rings. The van der Waals surface area contributed by atoms with E-state index in [4.69, 9.17) is 4.74 Å². The van der Waals surface area contributed by atoms with Crippen molar-refractivity contribution in [2.45, 2.75) is 32.5 Å². The number of nitrogens with zero attached hydrogens (tertiary/aromatic N) is 3. The molecule has 11 heteroatoms. The number of rotatable bonds is 6. The summed E-state index contributed by atoms with van der Waals surface area (Å²) in [6, 6.07) is 2.29. The molecule has 0 radical (unpaired) electrons. The minimum Gasteiger partial charge on any atom is -0.472 e. The molecule has 0 aliphatic heterocycles. The highest BCUT2D eigenvalue weighted by Crippen LogP contribution is 2.35. The molecule has 2 aromatic rings. The Hall–Kier alpha value is -2.85. The molecule has 1 aromatic heterocycles. The molecule has 0 aliphatic rings. The van der Waals surface area contributed by atoms with Gasteiger partial charge in [-0.05, 0) is 38.1 Å². The van der Waals surface area contributed by atoms with Crippen molar-refractivity contribution in [3.63, 3.8) is 0 Å². The molecule has 2 rings (SSSR count). The fourth-order valence-electron chi connectivity index (χ4n) is 1.97. The predicted molar refractivity (Wildman–Crippen MR) is 80.3 cm³/mol. The third kappa shape index (κ3) is 4.58. The summed E-state index contributed by atoms with van der Waals surface area (Å²) in [5.74, 6) is 0.164. The Bertz CT molecular complexity index is 774. The second-order valence-corrected chi connectivity index (χ2v) is 5.94. The van der Waals surface area contributed by atoms with E-state index < -0.39 is 27.9 Å². The van der Waals surface area contributed by atoms with E-state index in [1.54, 1.807) is 20.8 Å². The molecule has 0 unspecified atom stereocenters. The van der Waals surface area contributed by atoms with E-state index in [1.807, 2.05) is 0 Å². The lowest BCUT2D eigenvalue weighted by molar-refractivity contribution is -0.384. The van der Waals surface area contributed by atoms with Crippen LogP contribution in [-0.4, -0.2) is 27.4 Å². The monoisotopic (exact) mass is 360 g/mol. The van der Waals surface area contributed by atoms with Crippen molar-refractivity contribution in [3.05, 3.63) is 39.6 Å². The first-order valence-electron chi connectivity index (χ1n) is 7.05. The van der Waals surface area contributed by atoms with Gasteiger partial charge in [0.1, 0.15) is 18.0 Å². The van der Waals surface area contributed by atoms with Gasteiger partial charge in [-0.15, -0.1) is 0 Å². The van der Waals surface area contributed by atoms with E-state index in [1.165, 1.54) is 0 Å². The van der Waals surface area contributed by atoms with Crippen LogP contribution >= 0.6 is 0 Å². The maximum absolute atomic E-state index is 12.7. The first-order valence-corrected chi connectivity index (χ1v) is 7.05. The van der Waals surface area contributed by atoms with E-state index >= 15 is 0 Å². The first-order chi connectivity index (χ1) is 11.5. The van der Waals surface area contributed by atoms with Crippen LogP contribution in [0.1, 0.15) is 25.1 Å². The third-order valence-electron chi connectivity index (χ3n) is 3.18. The molecule has 1 N–H and O–H groups in total. The van der Waals surface area contributed by atoms with Gasteiger partial charge in [0.25, 0.3) is 11.6 Å². The van der Waals surface area contributed by atoms with Gasteiger partial charge in [-0.25, -0.2) is 4.63 Å². The summed E-state index contributed by atoms with van der Waals surface area (Å²) in [5, 5.41) is 21.0. The topological polar surface area (TPSA) is 103 Å². The molecule has 25 heavy (non-hydrogen) atoms. The zero-order valence-corrected chi connectivity index (χ0v) is 13.5. The average molecular weight is 360 g/mol. The van der Waals surface area contributed by atoms with E-state index in [9.17, 15) is 23.3 Å². The van der Waals surface area contributed by atoms with Crippen molar-refractivity contribution in [3.8, 4) is 5.88 Å². The summed E-state index contributed by atoms with van der Waals surface area (Å²) in [5.41, 5.74) is -2.25.